The zero-order chi connectivity index (χ0) is 47.7. The number of alkyl halides is 3. The van der Waals surface area contributed by atoms with E-state index >= 15 is 0 Å². The number of likely N-dealkylation sites (tertiary alicyclic amines) is 1. The molecule has 1 aliphatic carbocycles. The summed E-state index contributed by atoms with van der Waals surface area (Å²) in [7, 11) is 0. The van der Waals surface area contributed by atoms with Gasteiger partial charge in [0.1, 0.15) is 18.8 Å². The number of carboxylic acids is 1. The highest BCUT2D eigenvalue weighted by atomic mass is 19.4. The molecule has 17 nitrogen and oxygen atoms in total. The molecule has 0 bridgehead atoms. The first-order chi connectivity index (χ1) is 32.2. The molecule has 4 heterocycles. The number of hydrogen-bond donors (Lipinski definition) is 6. The van der Waals surface area contributed by atoms with Crippen LogP contribution in [0.2, 0.25) is 0 Å². The predicted molar refractivity (Wildman–Crippen MR) is 240 cm³/mol. The molecule has 2 aromatic heterocycles. The van der Waals surface area contributed by atoms with Gasteiger partial charge in [-0.15, -0.1) is 0 Å². The van der Waals surface area contributed by atoms with Gasteiger partial charge in [0.15, 0.2) is 17.0 Å². The van der Waals surface area contributed by atoms with Crippen LogP contribution in [0.25, 0.3) is 11.2 Å². The summed E-state index contributed by atoms with van der Waals surface area (Å²) in [5.74, 6) is -2.23. The molecule has 2 saturated heterocycles. The van der Waals surface area contributed by atoms with Gasteiger partial charge < -0.3 is 50.4 Å². The second-order valence-electron chi connectivity index (χ2n) is 16.8. The minimum atomic E-state index is -5.08. The van der Waals surface area contributed by atoms with Crippen molar-refractivity contribution >= 4 is 46.8 Å². The fourth-order valence-electron chi connectivity index (χ4n) is 8.66. The van der Waals surface area contributed by atoms with Crippen LogP contribution in [-0.4, -0.2) is 127 Å². The molecule has 20 heteroatoms. The zero-order valence-electron chi connectivity index (χ0n) is 36.8. The largest absolute Gasteiger partial charge is 0.490 e. The smallest absolute Gasteiger partial charge is 0.475 e. The number of anilines is 2. The highest BCUT2D eigenvalue weighted by molar-refractivity contribution is 5.85. The maximum atomic E-state index is 13.5. The third-order valence-electron chi connectivity index (χ3n) is 12.4. The number of nitrogens with one attached hydrogen (secondary N) is 3. The van der Waals surface area contributed by atoms with Crippen LogP contribution >= 0.6 is 0 Å². The average molecular weight is 930 g/mol. The Bertz CT molecular complexity index is 2420. The molecule has 0 unspecified atom stereocenters. The van der Waals surface area contributed by atoms with E-state index in [1.165, 1.54) is 0 Å². The standard InChI is InChI=1S/C45H53N9O6.C2HF3O2/c1-2-37(55)49-35-24-36(40(57)39(35)56)54-28-47-38-41(46-25-34(30-14-8-4-9-15-30)31-16-10-5-11-17-31)50-44(51-42(38)54)53-23-20-33(26-53)48-43(58)32-18-21-52(22-19-32)45(59)60-27-29-12-6-3-7-13-29;3-2(4,5)1(6)7/h3-17,28,32-36,39-40,56-57H,2,18-27H2,1H3,(H,48,58)(H,49,55)(H,46,50,51);(H,6,7)/t33-,35+,36-,39-,40+;/m1./s1. The van der Waals surface area contributed by atoms with Gasteiger partial charge in [-0.1, -0.05) is 97.9 Å². The van der Waals surface area contributed by atoms with E-state index in [2.05, 4.69) is 40.2 Å². The van der Waals surface area contributed by atoms with E-state index in [9.17, 15) is 37.8 Å². The minimum Gasteiger partial charge on any atom is -0.475 e. The molecule has 67 heavy (non-hydrogen) atoms. The fourth-order valence-corrected chi connectivity index (χ4v) is 8.66. The van der Waals surface area contributed by atoms with Crippen molar-refractivity contribution in [3.63, 3.8) is 0 Å². The number of fused-ring (bicyclic) bond motifs is 1. The van der Waals surface area contributed by atoms with E-state index in [4.69, 9.17) is 29.6 Å². The number of aliphatic hydroxyl groups is 2. The number of nitrogens with zero attached hydrogens (tertiary/aromatic N) is 6. The van der Waals surface area contributed by atoms with Crippen molar-refractivity contribution in [2.75, 3.05) is 42.9 Å². The number of amides is 3. The Kier molecular flexibility index (Phi) is 15.6. The van der Waals surface area contributed by atoms with Crippen molar-refractivity contribution in [1.29, 1.82) is 0 Å². The lowest BCUT2D eigenvalue weighted by Crippen LogP contribution is -2.46. The van der Waals surface area contributed by atoms with Gasteiger partial charge in [0.2, 0.25) is 17.8 Å². The van der Waals surface area contributed by atoms with Crippen LogP contribution in [0.1, 0.15) is 67.7 Å². The molecule has 0 spiro atoms. The zero-order valence-corrected chi connectivity index (χ0v) is 36.8. The number of aliphatic carboxylic acids is 1. The lowest BCUT2D eigenvalue weighted by Gasteiger charge is -2.31. The number of aliphatic hydroxyl groups excluding tert-OH is 2. The first kappa shape index (κ1) is 48.1. The van der Waals surface area contributed by atoms with E-state index < -0.39 is 36.4 Å². The van der Waals surface area contributed by atoms with Crippen molar-refractivity contribution in [2.45, 2.75) is 88.1 Å². The Balaban J connectivity index is 0.000000883. The summed E-state index contributed by atoms with van der Waals surface area (Å²) in [6.45, 7) is 4.45. The molecule has 2 aliphatic heterocycles. The van der Waals surface area contributed by atoms with E-state index in [-0.39, 0.29) is 55.2 Å². The summed E-state index contributed by atoms with van der Waals surface area (Å²) in [4.78, 5) is 66.0. The molecule has 5 aromatic rings. The number of halogens is 3. The van der Waals surface area contributed by atoms with Gasteiger partial charge in [-0.25, -0.2) is 14.6 Å². The Morgan fingerprint density at radius 3 is 2.04 bits per heavy atom. The summed E-state index contributed by atoms with van der Waals surface area (Å²) in [6.07, 6.45) is -3.81. The molecule has 6 N–H and O–H groups in total. The van der Waals surface area contributed by atoms with Crippen LogP contribution < -0.4 is 20.9 Å². The van der Waals surface area contributed by atoms with Gasteiger partial charge >= 0.3 is 18.2 Å². The maximum Gasteiger partial charge on any atom is 0.490 e. The SMILES string of the molecule is CCC(=O)N[C@H]1C[C@@H](n2cnc3c(NCC(c4ccccc4)c4ccccc4)nc(N4CC[C@@H](NC(=O)C5CCN(C(=O)OCc6ccccc6)CC5)C4)nc32)[C@H](O)[C@@H]1O.O=C(O)C(F)(F)F. The molecule has 0 radical (unpaired) electrons. The van der Waals surface area contributed by atoms with Crippen molar-refractivity contribution in [3.8, 4) is 0 Å². The van der Waals surface area contributed by atoms with E-state index in [0.29, 0.717) is 74.9 Å². The number of aromatic nitrogens is 4. The lowest BCUT2D eigenvalue weighted by atomic mass is 9.91. The third-order valence-corrected chi connectivity index (χ3v) is 12.4. The summed E-state index contributed by atoms with van der Waals surface area (Å²) in [5.41, 5.74) is 4.21. The van der Waals surface area contributed by atoms with E-state index in [1.54, 1.807) is 22.7 Å². The number of carbonyl (C=O) groups is 4. The van der Waals surface area contributed by atoms with Gasteiger partial charge in [0, 0.05) is 57.0 Å². The lowest BCUT2D eigenvalue weighted by molar-refractivity contribution is -0.192. The highest BCUT2D eigenvalue weighted by Crippen LogP contribution is 2.36. The molecular weight excluding hydrogens is 876 g/mol. The second-order valence-corrected chi connectivity index (χ2v) is 16.8. The molecule has 3 aliphatic rings. The number of carbonyl (C=O) groups excluding carboxylic acids is 3. The number of benzene rings is 3. The van der Waals surface area contributed by atoms with E-state index in [1.807, 2.05) is 71.6 Å². The van der Waals surface area contributed by atoms with Crippen LogP contribution in [0.5, 0.6) is 0 Å². The Labute approximate surface area is 384 Å². The van der Waals surface area contributed by atoms with Crippen molar-refractivity contribution in [1.82, 2.24) is 35.1 Å². The predicted octanol–water partition coefficient (Wildman–Crippen LogP) is 5.01. The quantitative estimate of drug-likeness (QED) is 0.0915. The number of piperidine rings is 1. The summed E-state index contributed by atoms with van der Waals surface area (Å²) < 4.78 is 39.0. The number of hydrogen-bond acceptors (Lipinski definition) is 12. The molecule has 1 saturated carbocycles. The van der Waals surface area contributed by atoms with Gasteiger partial charge in [-0.3, -0.25) is 9.59 Å². The summed E-state index contributed by atoms with van der Waals surface area (Å²) in [6, 6.07) is 28.7. The van der Waals surface area contributed by atoms with Crippen molar-refractivity contribution < 1.29 is 52.4 Å². The first-order valence-electron chi connectivity index (χ1n) is 22.2. The van der Waals surface area contributed by atoms with Crippen LogP contribution in [0.4, 0.5) is 29.7 Å². The first-order valence-corrected chi connectivity index (χ1v) is 22.2. The average Bonchev–Trinajstić information content (AvgIpc) is 4.06. The monoisotopic (exact) mass is 929 g/mol. The number of carboxylic acid groups (broad SMARTS) is 1. The Hall–Kier alpha value is -6.80. The van der Waals surface area contributed by atoms with Crippen LogP contribution in [0, 0.1) is 5.92 Å². The topological polar surface area (TPSA) is 224 Å². The molecule has 3 fully saturated rings. The highest BCUT2D eigenvalue weighted by Gasteiger charge is 2.44. The molecule has 5 atom stereocenters. The minimum absolute atomic E-state index is 0.00382. The Morgan fingerprint density at radius 2 is 1.45 bits per heavy atom. The maximum absolute atomic E-state index is 13.5. The molecule has 356 valence electrons. The van der Waals surface area contributed by atoms with Gasteiger partial charge in [0.25, 0.3) is 0 Å². The molecular formula is C47H54F3N9O8. The normalized spacial score (nSPS) is 20.9. The van der Waals surface area contributed by atoms with Crippen LogP contribution in [0.15, 0.2) is 97.3 Å². The summed E-state index contributed by atoms with van der Waals surface area (Å²) >= 11 is 0. The van der Waals surface area contributed by atoms with Crippen molar-refractivity contribution in [2.24, 2.45) is 5.92 Å². The number of imidazole rings is 1. The molecule has 3 amide bonds. The van der Waals surface area contributed by atoms with Gasteiger partial charge in [0.05, 0.1) is 18.4 Å². The fraction of sp³-hybridized carbons (Fsp3) is 0.426. The van der Waals surface area contributed by atoms with Crippen LogP contribution in [-0.2, 0) is 25.7 Å². The second kappa shape index (κ2) is 21.7. The molecule has 8 rings (SSSR count). The number of ether oxygens (including phenoxy) is 1. The summed E-state index contributed by atoms with van der Waals surface area (Å²) in [5, 5.41) is 39.1. The molecule has 3 aromatic carbocycles. The Morgan fingerprint density at radius 1 is 0.836 bits per heavy atom. The van der Waals surface area contributed by atoms with Crippen molar-refractivity contribution in [3.05, 3.63) is 114 Å². The van der Waals surface area contributed by atoms with E-state index in [0.717, 1.165) is 16.7 Å². The van der Waals surface area contributed by atoms with Crippen LogP contribution in [0.3, 0.4) is 0 Å². The number of rotatable bonds is 13. The van der Waals surface area contributed by atoms with Gasteiger partial charge in [-0.2, -0.15) is 23.1 Å². The third kappa shape index (κ3) is 12.0. The van der Waals surface area contributed by atoms with Gasteiger partial charge in [-0.05, 0) is 42.4 Å².